The van der Waals surface area contributed by atoms with E-state index in [0.717, 1.165) is 37.5 Å². The second kappa shape index (κ2) is 6.58. The van der Waals surface area contributed by atoms with Crippen LogP contribution >= 0.6 is 0 Å². The second-order valence-electron chi connectivity index (χ2n) is 5.84. The molecule has 2 heterocycles. The predicted octanol–water partition coefficient (Wildman–Crippen LogP) is 2.70. The molecule has 0 aliphatic carbocycles. The van der Waals surface area contributed by atoms with Gasteiger partial charge in [0.25, 0.3) is 0 Å². The van der Waals surface area contributed by atoms with Crippen molar-refractivity contribution >= 4 is 0 Å². The number of nitrogens with zero attached hydrogens (tertiary/aromatic N) is 3. The lowest BCUT2D eigenvalue weighted by Gasteiger charge is -2.32. The van der Waals surface area contributed by atoms with Crippen molar-refractivity contribution in [3.05, 3.63) is 53.4 Å². The zero-order valence-corrected chi connectivity index (χ0v) is 13.1. The van der Waals surface area contributed by atoms with Gasteiger partial charge in [0, 0.05) is 44.9 Å². The molecule has 0 unspecified atom stereocenters. The molecule has 0 saturated heterocycles. The molecular formula is C17H22FN3O. The minimum absolute atomic E-state index is 0.191. The highest BCUT2D eigenvalue weighted by atomic mass is 19.1. The minimum Gasteiger partial charge on any atom is -0.381 e. The first-order chi connectivity index (χ1) is 10.7. The summed E-state index contributed by atoms with van der Waals surface area (Å²) in [6.07, 6.45) is 1.88. The van der Waals surface area contributed by atoms with E-state index in [-0.39, 0.29) is 5.82 Å². The Balaban J connectivity index is 1.76. The molecule has 4 nitrogen and oxygen atoms in total. The Morgan fingerprint density at radius 1 is 1.32 bits per heavy atom. The van der Waals surface area contributed by atoms with E-state index >= 15 is 0 Å². The highest BCUT2D eigenvalue weighted by Crippen LogP contribution is 2.28. The van der Waals surface area contributed by atoms with Crippen molar-refractivity contribution in [1.82, 2.24) is 14.5 Å². The Morgan fingerprint density at radius 3 is 2.82 bits per heavy atom. The van der Waals surface area contributed by atoms with Crippen LogP contribution in [-0.4, -0.2) is 34.2 Å². The van der Waals surface area contributed by atoms with E-state index in [0.29, 0.717) is 12.5 Å². The van der Waals surface area contributed by atoms with Crippen molar-refractivity contribution in [3.8, 4) is 0 Å². The van der Waals surface area contributed by atoms with E-state index in [2.05, 4.69) is 14.5 Å². The molecule has 2 aromatic rings. The molecule has 0 amide bonds. The zero-order valence-electron chi connectivity index (χ0n) is 13.1. The Hall–Kier alpha value is -1.72. The Morgan fingerprint density at radius 2 is 2.09 bits per heavy atom. The highest BCUT2D eigenvalue weighted by molar-refractivity contribution is 5.23. The van der Waals surface area contributed by atoms with Crippen LogP contribution in [0.1, 0.15) is 29.8 Å². The molecule has 22 heavy (non-hydrogen) atoms. The summed E-state index contributed by atoms with van der Waals surface area (Å²) in [6.45, 7) is 6.02. The van der Waals surface area contributed by atoms with Gasteiger partial charge < -0.3 is 9.30 Å². The molecule has 0 radical (unpaired) electrons. The van der Waals surface area contributed by atoms with Crippen molar-refractivity contribution in [1.29, 1.82) is 0 Å². The van der Waals surface area contributed by atoms with Crippen LogP contribution in [-0.2, 0) is 24.9 Å². The summed E-state index contributed by atoms with van der Waals surface area (Å²) in [5.74, 6) is 0.139. The fourth-order valence-corrected chi connectivity index (χ4v) is 3.17. The molecule has 5 heteroatoms. The van der Waals surface area contributed by atoms with Gasteiger partial charge in [-0.2, -0.15) is 0 Å². The van der Waals surface area contributed by atoms with Gasteiger partial charge in [-0.05, 0) is 24.6 Å². The van der Waals surface area contributed by atoms with Crippen molar-refractivity contribution in [2.24, 2.45) is 7.05 Å². The zero-order chi connectivity index (χ0) is 15.5. The molecule has 1 aromatic heterocycles. The summed E-state index contributed by atoms with van der Waals surface area (Å²) in [5, 5.41) is 0. The standard InChI is InChI=1S/C17H22FN3O/c1-3-22-11-14-9-21(8-13-4-6-15(18)7-5-13)10-16-17(14)20(2)12-19-16/h4-7,12,14H,3,8-11H2,1-2H3/t14-/m0/s1. The van der Waals surface area contributed by atoms with E-state index in [9.17, 15) is 4.39 Å². The number of aromatic nitrogens is 2. The van der Waals surface area contributed by atoms with Gasteiger partial charge in [-0.1, -0.05) is 12.1 Å². The van der Waals surface area contributed by atoms with Crippen LogP contribution in [0.5, 0.6) is 0 Å². The molecule has 0 spiro atoms. The maximum Gasteiger partial charge on any atom is 0.123 e. The number of hydrogen-bond donors (Lipinski definition) is 0. The highest BCUT2D eigenvalue weighted by Gasteiger charge is 2.29. The predicted molar refractivity (Wildman–Crippen MR) is 83.0 cm³/mol. The average molecular weight is 303 g/mol. The average Bonchev–Trinajstić information content (AvgIpc) is 2.89. The summed E-state index contributed by atoms with van der Waals surface area (Å²) >= 11 is 0. The van der Waals surface area contributed by atoms with Crippen LogP contribution in [0.25, 0.3) is 0 Å². The van der Waals surface area contributed by atoms with Gasteiger partial charge in [-0.25, -0.2) is 9.37 Å². The Bertz CT molecular complexity index is 623. The molecule has 1 aromatic carbocycles. The van der Waals surface area contributed by atoms with Crippen molar-refractivity contribution in [2.75, 3.05) is 19.8 Å². The van der Waals surface area contributed by atoms with Crippen LogP contribution < -0.4 is 0 Å². The number of fused-ring (bicyclic) bond motifs is 1. The maximum atomic E-state index is 13.0. The fraction of sp³-hybridized carbons (Fsp3) is 0.471. The molecule has 118 valence electrons. The third kappa shape index (κ3) is 3.20. The monoisotopic (exact) mass is 303 g/mol. The first-order valence-electron chi connectivity index (χ1n) is 7.72. The Kier molecular flexibility index (Phi) is 4.55. The molecule has 0 saturated carbocycles. The molecule has 1 atom stereocenters. The number of ether oxygens (including phenoxy) is 1. The molecule has 1 aliphatic heterocycles. The van der Waals surface area contributed by atoms with Gasteiger partial charge in [0.1, 0.15) is 5.82 Å². The molecule has 1 aliphatic rings. The number of benzene rings is 1. The van der Waals surface area contributed by atoms with E-state index in [1.54, 1.807) is 0 Å². The maximum absolute atomic E-state index is 13.0. The third-order valence-corrected chi connectivity index (χ3v) is 4.14. The largest absolute Gasteiger partial charge is 0.381 e. The van der Waals surface area contributed by atoms with Crippen LogP contribution in [0.2, 0.25) is 0 Å². The lowest BCUT2D eigenvalue weighted by atomic mass is 9.98. The summed E-state index contributed by atoms with van der Waals surface area (Å²) in [5.41, 5.74) is 3.53. The van der Waals surface area contributed by atoms with Gasteiger partial charge in [0.05, 0.1) is 18.6 Å². The first kappa shape index (κ1) is 15.2. The number of rotatable bonds is 5. The molecule has 0 bridgehead atoms. The number of aryl methyl sites for hydroxylation is 1. The topological polar surface area (TPSA) is 30.3 Å². The fourth-order valence-electron chi connectivity index (χ4n) is 3.17. The smallest absolute Gasteiger partial charge is 0.123 e. The van der Waals surface area contributed by atoms with Gasteiger partial charge >= 0.3 is 0 Å². The number of halogens is 1. The molecule has 0 N–H and O–H groups in total. The van der Waals surface area contributed by atoms with E-state index < -0.39 is 0 Å². The summed E-state index contributed by atoms with van der Waals surface area (Å²) in [7, 11) is 2.04. The van der Waals surface area contributed by atoms with Crippen LogP contribution in [0.15, 0.2) is 30.6 Å². The lowest BCUT2D eigenvalue weighted by Crippen LogP contribution is -2.36. The van der Waals surface area contributed by atoms with Gasteiger partial charge in [0.15, 0.2) is 0 Å². The van der Waals surface area contributed by atoms with Crippen LogP contribution in [0.3, 0.4) is 0 Å². The van der Waals surface area contributed by atoms with Gasteiger partial charge in [-0.3, -0.25) is 4.90 Å². The molecule has 0 fully saturated rings. The van der Waals surface area contributed by atoms with Crippen molar-refractivity contribution in [3.63, 3.8) is 0 Å². The summed E-state index contributed by atoms with van der Waals surface area (Å²) in [6, 6.07) is 6.73. The SMILES string of the molecule is CCOC[C@@H]1CN(Cc2ccc(F)cc2)Cc2ncn(C)c21. The molecule has 3 rings (SSSR count). The Labute approximate surface area is 130 Å². The van der Waals surface area contributed by atoms with Crippen molar-refractivity contribution < 1.29 is 9.13 Å². The third-order valence-electron chi connectivity index (χ3n) is 4.14. The van der Waals surface area contributed by atoms with Crippen molar-refractivity contribution in [2.45, 2.75) is 25.9 Å². The normalized spacial score (nSPS) is 18.4. The van der Waals surface area contributed by atoms with Gasteiger partial charge in [-0.15, -0.1) is 0 Å². The van der Waals surface area contributed by atoms with Gasteiger partial charge in [0.2, 0.25) is 0 Å². The van der Waals surface area contributed by atoms with E-state index in [1.165, 1.54) is 17.8 Å². The number of hydrogen-bond acceptors (Lipinski definition) is 3. The first-order valence-corrected chi connectivity index (χ1v) is 7.72. The summed E-state index contributed by atoms with van der Waals surface area (Å²) < 4.78 is 20.8. The minimum atomic E-state index is -0.191. The number of imidazole rings is 1. The second-order valence-corrected chi connectivity index (χ2v) is 5.84. The summed E-state index contributed by atoms with van der Waals surface area (Å²) in [4.78, 5) is 6.88. The van der Waals surface area contributed by atoms with E-state index in [4.69, 9.17) is 4.74 Å². The lowest BCUT2D eigenvalue weighted by molar-refractivity contribution is 0.102. The van der Waals surface area contributed by atoms with Crippen LogP contribution in [0.4, 0.5) is 4.39 Å². The van der Waals surface area contributed by atoms with E-state index in [1.807, 2.05) is 32.4 Å². The molecular weight excluding hydrogens is 281 g/mol. The van der Waals surface area contributed by atoms with Crippen LogP contribution in [0, 0.1) is 5.82 Å². The quantitative estimate of drug-likeness (QED) is 0.851.